The number of likely N-dealkylation sites (tertiary alicyclic amines) is 1. The van der Waals surface area contributed by atoms with Gasteiger partial charge in [0.05, 0.1) is 11.7 Å². The second kappa shape index (κ2) is 5.89. The van der Waals surface area contributed by atoms with Crippen LogP contribution < -0.4 is 5.32 Å². The van der Waals surface area contributed by atoms with Crippen LogP contribution in [0.15, 0.2) is 0 Å². The first kappa shape index (κ1) is 12.9. The number of hydrogen-bond acceptors (Lipinski definition) is 3. The SMILES string of the molecule is C1CCN(CCNCC2CCC3(CCCC3)O2)C1. The fraction of sp³-hybridized carbons (Fsp3) is 1.00. The summed E-state index contributed by atoms with van der Waals surface area (Å²) in [6.45, 7) is 6.04. The molecule has 104 valence electrons. The van der Waals surface area contributed by atoms with E-state index in [4.69, 9.17) is 4.74 Å². The maximum atomic E-state index is 6.31. The van der Waals surface area contributed by atoms with Gasteiger partial charge in [-0.1, -0.05) is 12.8 Å². The lowest BCUT2D eigenvalue weighted by Gasteiger charge is -2.24. The van der Waals surface area contributed by atoms with Gasteiger partial charge in [0, 0.05) is 19.6 Å². The van der Waals surface area contributed by atoms with Crippen molar-refractivity contribution >= 4 is 0 Å². The molecule has 3 fully saturated rings. The molecule has 1 atom stereocenters. The number of nitrogens with one attached hydrogen (secondary N) is 1. The molecule has 3 aliphatic rings. The van der Waals surface area contributed by atoms with Crippen LogP contribution >= 0.6 is 0 Å². The smallest absolute Gasteiger partial charge is 0.0708 e. The molecule has 0 aromatic carbocycles. The van der Waals surface area contributed by atoms with Crippen molar-refractivity contribution in [3.05, 3.63) is 0 Å². The van der Waals surface area contributed by atoms with Gasteiger partial charge in [-0.3, -0.25) is 0 Å². The Hall–Kier alpha value is -0.120. The highest BCUT2D eigenvalue weighted by molar-refractivity contribution is 4.93. The standard InChI is InChI=1S/C15H28N2O/c1-2-7-15(6-1)8-5-14(18-15)13-16-9-12-17-10-3-4-11-17/h14,16H,1-13H2. The Kier molecular flexibility index (Phi) is 4.22. The van der Waals surface area contributed by atoms with Crippen LogP contribution in [0, 0.1) is 0 Å². The van der Waals surface area contributed by atoms with Crippen LogP contribution in [0.3, 0.4) is 0 Å². The van der Waals surface area contributed by atoms with Gasteiger partial charge in [0.25, 0.3) is 0 Å². The number of ether oxygens (including phenoxy) is 1. The third-order valence-corrected chi connectivity index (χ3v) is 5.03. The molecule has 0 amide bonds. The van der Waals surface area contributed by atoms with Gasteiger partial charge < -0.3 is 15.0 Å². The summed E-state index contributed by atoms with van der Waals surface area (Å²) in [6.07, 6.45) is 11.3. The van der Waals surface area contributed by atoms with Gasteiger partial charge in [-0.15, -0.1) is 0 Å². The lowest BCUT2D eigenvalue weighted by molar-refractivity contribution is -0.0351. The molecule has 0 bridgehead atoms. The van der Waals surface area contributed by atoms with Gasteiger partial charge in [0.1, 0.15) is 0 Å². The van der Waals surface area contributed by atoms with E-state index >= 15 is 0 Å². The minimum Gasteiger partial charge on any atom is -0.370 e. The van der Waals surface area contributed by atoms with E-state index in [1.807, 2.05) is 0 Å². The molecule has 2 saturated heterocycles. The quantitative estimate of drug-likeness (QED) is 0.759. The lowest BCUT2D eigenvalue weighted by Crippen LogP contribution is -2.35. The van der Waals surface area contributed by atoms with Gasteiger partial charge in [-0.2, -0.15) is 0 Å². The molecule has 1 saturated carbocycles. The minimum atomic E-state index is 0.307. The predicted molar refractivity (Wildman–Crippen MR) is 73.8 cm³/mol. The molecule has 18 heavy (non-hydrogen) atoms. The first-order valence-electron chi connectivity index (χ1n) is 7.97. The number of rotatable bonds is 5. The van der Waals surface area contributed by atoms with Crippen molar-refractivity contribution in [3.8, 4) is 0 Å². The minimum absolute atomic E-state index is 0.307. The van der Waals surface area contributed by atoms with Crippen LogP contribution in [0.25, 0.3) is 0 Å². The van der Waals surface area contributed by atoms with E-state index in [-0.39, 0.29) is 0 Å². The van der Waals surface area contributed by atoms with Crippen molar-refractivity contribution in [1.29, 1.82) is 0 Å². The topological polar surface area (TPSA) is 24.5 Å². The Bertz CT molecular complexity index is 257. The molecule has 1 aliphatic carbocycles. The predicted octanol–water partition coefficient (Wildman–Crippen LogP) is 2.16. The first-order chi connectivity index (χ1) is 8.86. The maximum Gasteiger partial charge on any atom is 0.0708 e. The van der Waals surface area contributed by atoms with Crippen LogP contribution in [0.4, 0.5) is 0 Å². The van der Waals surface area contributed by atoms with Crippen LogP contribution in [0.5, 0.6) is 0 Å². The number of nitrogens with zero attached hydrogens (tertiary/aromatic N) is 1. The van der Waals surface area contributed by atoms with Crippen molar-refractivity contribution < 1.29 is 4.74 Å². The molecule has 3 heteroatoms. The fourth-order valence-corrected chi connectivity index (χ4v) is 3.93. The second-order valence-corrected chi connectivity index (χ2v) is 6.42. The van der Waals surface area contributed by atoms with E-state index in [2.05, 4.69) is 10.2 Å². The van der Waals surface area contributed by atoms with Gasteiger partial charge in [0.15, 0.2) is 0 Å². The van der Waals surface area contributed by atoms with Crippen LogP contribution in [-0.4, -0.2) is 49.3 Å². The maximum absolute atomic E-state index is 6.31. The molecule has 2 aliphatic heterocycles. The zero-order valence-electron chi connectivity index (χ0n) is 11.6. The molecular formula is C15H28N2O. The van der Waals surface area contributed by atoms with Crippen molar-refractivity contribution in [1.82, 2.24) is 10.2 Å². The summed E-state index contributed by atoms with van der Waals surface area (Å²) in [7, 11) is 0. The van der Waals surface area contributed by atoms with Crippen molar-refractivity contribution in [2.45, 2.75) is 63.1 Å². The highest BCUT2D eigenvalue weighted by Crippen LogP contribution is 2.43. The van der Waals surface area contributed by atoms with E-state index in [1.54, 1.807) is 0 Å². The van der Waals surface area contributed by atoms with Gasteiger partial charge >= 0.3 is 0 Å². The molecule has 3 nitrogen and oxygen atoms in total. The van der Waals surface area contributed by atoms with Gasteiger partial charge in [-0.25, -0.2) is 0 Å². The van der Waals surface area contributed by atoms with Gasteiger partial charge in [-0.05, 0) is 51.6 Å². The van der Waals surface area contributed by atoms with Crippen molar-refractivity contribution in [2.75, 3.05) is 32.7 Å². The van der Waals surface area contributed by atoms with Crippen molar-refractivity contribution in [2.24, 2.45) is 0 Å². The molecule has 1 N–H and O–H groups in total. The highest BCUT2D eigenvalue weighted by atomic mass is 16.5. The molecule has 2 heterocycles. The third-order valence-electron chi connectivity index (χ3n) is 5.03. The molecule has 1 unspecified atom stereocenters. The molecule has 1 spiro atoms. The average Bonchev–Trinajstić information content (AvgIpc) is 3.10. The summed E-state index contributed by atoms with van der Waals surface area (Å²) < 4.78 is 6.31. The van der Waals surface area contributed by atoms with Crippen LogP contribution in [0.2, 0.25) is 0 Å². The zero-order chi connectivity index (χ0) is 12.3. The monoisotopic (exact) mass is 252 g/mol. The van der Waals surface area contributed by atoms with Gasteiger partial charge in [0.2, 0.25) is 0 Å². The van der Waals surface area contributed by atoms with E-state index in [0.717, 1.165) is 13.1 Å². The van der Waals surface area contributed by atoms with E-state index in [0.29, 0.717) is 11.7 Å². The van der Waals surface area contributed by atoms with Crippen LogP contribution in [-0.2, 0) is 4.74 Å². The molecule has 3 rings (SSSR count). The Labute approximate surface area is 111 Å². The second-order valence-electron chi connectivity index (χ2n) is 6.42. The normalized spacial score (nSPS) is 31.7. The Morgan fingerprint density at radius 1 is 1.06 bits per heavy atom. The largest absolute Gasteiger partial charge is 0.370 e. The first-order valence-corrected chi connectivity index (χ1v) is 7.97. The van der Waals surface area contributed by atoms with E-state index in [9.17, 15) is 0 Å². The molecule has 0 aromatic rings. The zero-order valence-corrected chi connectivity index (χ0v) is 11.6. The van der Waals surface area contributed by atoms with Crippen molar-refractivity contribution in [3.63, 3.8) is 0 Å². The molecule has 0 radical (unpaired) electrons. The highest BCUT2D eigenvalue weighted by Gasteiger charge is 2.41. The average molecular weight is 252 g/mol. The molecule has 0 aromatic heterocycles. The van der Waals surface area contributed by atoms with Crippen LogP contribution in [0.1, 0.15) is 51.4 Å². The van der Waals surface area contributed by atoms with E-state index in [1.165, 1.54) is 71.0 Å². The summed E-state index contributed by atoms with van der Waals surface area (Å²) in [6, 6.07) is 0. The fourth-order valence-electron chi connectivity index (χ4n) is 3.93. The Morgan fingerprint density at radius 2 is 1.83 bits per heavy atom. The summed E-state index contributed by atoms with van der Waals surface area (Å²) in [5, 5.41) is 3.59. The Balaban J connectivity index is 1.29. The summed E-state index contributed by atoms with van der Waals surface area (Å²) in [4.78, 5) is 2.57. The Morgan fingerprint density at radius 3 is 2.61 bits per heavy atom. The molecular weight excluding hydrogens is 224 g/mol. The summed E-state index contributed by atoms with van der Waals surface area (Å²) >= 11 is 0. The third kappa shape index (κ3) is 3.06. The lowest BCUT2D eigenvalue weighted by atomic mass is 9.98. The summed E-state index contributed by atoms with van der Waals surface area (Å²) in [5.74, 6) is 0. The van der Waals surface area contributed by atoms with E-state index < -0.39 is 0 Å². The number of hydrogen-bond donors (Lipinski definition) is 1. The summed E-state index contributed by atoms with van der Waals surface area (Å²) in [5.41, 5.74) is 0.307.